The summed E-state index contributed by atoms with van der Waals surface area (Å²) in [5, 5.41) is 8.68. The number of amides is 3. The molecule has 8 heteroatoms. The molecule has 4 aromatic carbocycles. The lowest BCUT2D eigenvalue weighted by Crippen LogP contribution is -2.30. The molecule has 0 radical (unpaired) electrons. The van der Waals surface area contributed by atoms with Gasteiger partial charge in [0.25, 0.3) is 11.8 Å². The Bertz CT molecular complexity index is 1580. The van der Waals surface area contributed by atoms with Crippen molar-refractivity contribution in [3.05, 3.63) is 130 Å². The van der Waals surface area contributed by atoms with Gasteiger partial charge in [-0.15, -0.1) is 11.8 Å². The molecule has 0 fully saturated rings. The van der Waals surface area contributed by atoms with Gasteiger partial charge in [-0.1, -0.05) is 54.1 Å². The van der Waals surface area contributed by atoms with Gasteiger partial charge in [-0.3, -0.25) is 14.4 Å². The van der Waals surface area contributed by atoms with Gasteiger partial charge in [-0.05, 0) is 98.1 Å². The van der Waals surface area contributed by atoms with Crippen LogP contribution in [0.15, 0.2) is 108 Å². The number of hydrogen-bond donors (Lipinski definition) is 3. The Morgan fingerprint density at radius 3 is 2.20 bits per heavy atom. The Morgan fingerprint density at radius 1 is 0.780 bits per heavy atom. The first-order valence-corrected chi connectivity index (χ1v) is 14.2. The highest BCUT2D eigenvalue weighted by Crippen LogP contribution is 2.27. The standard InChI is InChI=1S/C33H30ClN3O3S/c1-21-15-22(2)17-28(16-21)36-31(38)23(3)41-29-14-8-13-27(20-29)35-33(40)30(19-24-9-7-12-26(34)18-24)37-32(39)25-10-5-4-6-11-25/h4-20,23H,1-3H3,(H,35,40)(H,36,38)(H,37,39)/b30-19-. The smallest absolute Gasteiger partial charge is 0.272 e. The zero-order valence-corrected chi connectivity index (χ0v) is 24.5. The minimum Gasteiger partial charge on any atom is -0.325 e. The molecule has 0 saturated heterocycles. The van der Waals surface area contributed by atoms with Crippen molar-refractivity contribution < 1.29 is 14.4 Å². The predicted octanol–water partition coefficient (Wildman–Crippen LogP) is 7.49. The lowest BCUT2D eigenvalue weighted by molar-refractivity contribution is -0.115. The molecule has 0 saturated carbocycles. The Kier molecular flexibility index (Phi) is 10.0. The molecule has 6 nitrogen and oxygen atoms in total. The molecule has 1 atom stereocenters. The van der Waals surface area contributed by atoms with E-state index in [-0.39, 0.29) is 16.9 Å². The van der Waals surface area contributed by atoms with E-state index in [1.807, 2.05) is 45.0 Å². The van der Waals surface area contributed by atoms with Gasteiger partial charge in [-0.25, -0.2) is 0 Å². The van der Waals surface area contributed by atoms with Gasteiger partial charge >= 0.3 is 0 Å². The van der Waals surface area contributed by atoms with E-state index in [2.05, 4.69) is 22.0 Å². The van der Waals surface area contributed by atoms with E-state index in [4.69, 9.17) is 11.6 Å². The fourth-order valence-corrected chi connectivity index (χ4v) is 5.22. The third-order valence-electron chi connectivity index (χ3n) is 5.95. The molecular formula is C33H30ClN3O3S. The van der Waals surface area contributed by atoms with Gasteiger partial charge in [0, 0.05) is 26.9 Å². The topological polar surface area (TPSA) is 87.3 Å². The molecule has 0 aliphatic rings. The summed E-state index contributed by atoms with van der Waals surface area (Å²) < 4.78 is 0. The first-order valence-electron chi connectivity index (χ1n) is 13.0. The van der Waals surface area contributed by atoms with E-state index in [0.29, 0.717) is 21.8 Å². The van der Waals surface area contributed by atoms with Crippen molar-refractivity contribution in [1.82, 2.24) is 5.32 Å². The quantitative estimate of drug-likeness (QED) is 0.141. The highest BCUT2D eigenvalue weighted by atomic mass is 35.5. The lowest BCUT2D eigenvalue weighted by Gasteiger charge is -2.15. The van der Waals surface area contributed by atoms with Gasteiger partial charge in [0.1, 0.15) is 5.70 Å². The molecular weight excluding hydrogens is 554 g/mol. The van der Waals surface area contributed by atoms with Crippen LogP contribution in [0.5, 0.6) is 0 Å². The van der Waals surface area contributed by atoms with E-state index >= 15 is 0 Å². The second-order valence-electron chi connectivity index (χ2n) is 9.54. The maximum absolute atomic E-state index is 13.4. The molecule has 3 N–H and O–H groups in total. The summed E-state index contributed by atoms with van der Waals surface area (Å²) in [6, 6.07) is 28.8. The zero-order chi connectivity index (χ0) is 29.4. The van der Waals surface area contributed by atoms with Gasteiger partial charge in [0.15, 0.2) is 0 Å². The summed E-state index contributed by atoms with van der Waals surface area (Å²) in [7, 11) is 0. The summed E-state index contributed by atoms with van der Waals surface area (Å²) in [5.74, 6) is -1.04. The molecule has 4 aromatic rings. The fourth-order valence-electron chi connectivity index (χ4n) is 4.10. The second-order valence-corrected chi connectivity index (χ2v) is 11.4. The molecule has 1 unspecified atom stereocenters. The molecule has 0 aromatic heterocycles. The lowest BCUT2D eigenvalue weighted by atomic mass is 10.1. The Labute approximate surface area is 249 Å². The van der Waals surface area contributed by atoms with E-state index in [0.717, 1.165) is 21.7 Å². The van der Waals surface area contributed by atoms with Crippen LogP contribution >= 0.6 is 23.4 Å². The number of rotatable bonds is 9. The van der Waals surface area contributed by atoms with E-state index < -0.39 is 11.8 Å². The maximum Gasteiger partial charge on any atom is 0.272 e. The Morgan fingerprint density at radius 2 is 1.49 bits per heavy atom. The Hall–Kier alpha value is -4.33. The number of thioether (sulfide) groups is 1. The van der Waals surface area contributed by atoms with Crippen molar-refractivity contribution in [2.24, 2.45) is 0 Å². The second kappa shape index (κ2) is 13.8. The number of anilines is 2. The van der Waals surface area contributed by atoms with Crippen LogP contribution in [0.1, 0.15) is 34.0 Å². The molecule has 0 bridgehead atoms. The summed E-state index contributed by atoms with van der Waals surface area (Å²) >= 11 is 7.51. The first-order chi connectivity index (χ1) is 19.7. The van der Waals surface area contributed by atoms with E-state index in [9.17, 15) is 14.4 Å². The van der Waals surface area contributed by atoms with Crippen LogP contribution in [-0.4, -0.2) is 23.0 Å². The van der Waals surface area contributed by atoms with E-state index in [1.54, 1.807) is 72.8 Å². The van der Waals surface area contributed by atoms with Crippen LogP contribution in [0.3, 0.4) is 0 Å². The third-order valence-corrected chi connectivity index (χ3v) is 7.28. The highest BCUT2D eigenvalue weighted by Gasteiger charge is 2.17. The number of hydrogen-bond acceptors (Lipinski definition) is 4. The van der Waals surface area contributed by atoms with Crippen molar-refractivity contribution in [2.75, 3.05) is 10.6 Å². The normalized spacial score (nSPS) is 11.9. The number of aryl methyl sites for hydroxylation is 2. The average molecular weight is 584 g/mol. The van der Waals surface area contributed by atoms with Gasteiger partial charge in [0.2, 0.25) is 5.91 Å². The van der Waals surface area contributed by atoms with Crippen molar-refractivity contribution >= 4 is 58.5 Å². The third kappa shape index (κ3) is 8.83. The van der Waals surface area contributed by atoms with Crippen molar-refractivity contribution in [2.45, 2.75) is 30.9 Å². The highest BCUT2D eigenvalue weighted by molar-refractivity contribution is 8.00. The predicted molar refractivity (Wildman–Crippen MR) is 168 cm³/mol. The number of carbonyl (C=O) groups is 3. The maximum atomic E-state index is 13.4. The summed E-state index contributed by atoms with van der Waals surface area (Å²) in [6.07, 6.45) is 1.57. The molecule has 3 amide bonds. The number of nitrogens with one attached hydrogen (secondary N) is 3. The largest absolute Gasteiger partial charge is 0.325 e. The van der Waals surface area contributed by atoms with Crippen molar-refractivity contribution in [3.63, 3.8) is 0 Å². The molecule has 0 heterocycles. The van der Waals surface area contributed by atoms with Gasteiger partial charge in [0.05, 0.1) is 5.25 Å². The minimum absolute atomic E-state index is 0.0559. The van der Waals surface area contributed by atoms with Crippen LogP contribution < -0.4 is 16.0 Å². The molecule has 208 valence electrons. The van der Waals surface area contributed by atoms with Crippen LogP contribution in [0.25, 0.3) is 6.08 Å². The Balaban J connectivity index is 1.48. The van der Waals surface area contributed by atoms with Gasteiger partial charge in [-0.2, -0.15) is 0 Å². The van der Waals surface area contributed by atoms with E-state index in [1.165, 1.54) is 11.8 Å². The average Bonchev–Trinajstić information content (AvgIpc) is 2.92. The van der Waals surface area contributed by atoms with Crippen LogP contribution in [0, 0.1) is 13.8 Å². The number of halogens is 1. The SMILES string of the molecule is Cc1cc(C)cc(NC(=O)C(C)Sc2cccc(NC(=O)/C(=C/c3cccc(Cl)c3)NC(=O)c3ccccc3)c2)c1. The minimum atomic E-state index is -0.503. The summed E-state index contributed by atoms with van der Waals surface area (Å²) in [5.41, 5.74) is 4.57. The summed E-state index contributed by atoms with van der Waals surface area (Å²) in [4.78, 5) is 39.9. The molecule has 0 aliphatic heterocycles. The van der Waals surface area contributed by atoms with Gasteiger partial charge < -0.3 is 16.0 Å². The molecule has 4 rings (SSSR count). The summed E-state index contributed by atoms with van der Waals surface area (Å²) in [6.45, 7) is 5.81. The van der Waals surface area contributed by atoms with Crippen LogP contribution in [-0.2, 0) is 9.59 Å². The van der Waals surface area contributed by atoms with Crippen LogP contribution in [0.4, 0.5) is 11.4 Å². The zero-order valence-electron chi connectivity index (χ0n) is 22.9. The van der Waals surface area contributed by atoms with Crippen LogP contribution in [0.2, 0.25) is 5.02 Å². The fraction of sp³-hybridized carbons (Fsp3) is 0.121. The first kappa shape index (κ1) is 29.6. The molecule has 0 aliphatic carbocycles. The molecule has 0 spiro atoms. The van der Waals surface area contributed by atoms with Crippen molar-refractivity contribution in [3.8, 4) is 0 Å². The monoisotopic (exact) mass is 583 g/mol. The molecule has 41 heavy (non-hydrogen) atoms. The number of carbonyl (C=O) groups excluding carboxylic acids is 3. The number of benzene rings is 4. The van der Waals surface area contributed by atoms with Crippen molar-refractivity contribution in [1.29, 1.82) is 0 Å².